The molecule has 2 N–H and O–H groups in total. The fourth-order valence-corrected chi connectivity index (χ4v) is 2.67. The quantitative estimate of drug-likeness (QED) is 0.835. The molecule has 0 aromatic carbocycles. The zero-order valence-electron chi connectivity index (χ0n) is 7.68. The molecule has 1 atom stereocenters. The Hall–Kier alpha value is 0.0400. The summed E-state index contributed by atoms with van der Waals surface area (Å²) in [5, 5.41) is 0. The number of thioether (sulfide) groups is 1. The van der Waals surface area contributed by atoms with Crippen molar-refractivity contribution in [1.29, 1.82) is 0 Å². The van der Waals surface area contributed by atoms with Gasteiger partial charge in [0.15, 0.2) is 0 Å². The molecular weight excluding hydrogens is 239 g/mol. The molecule has 80 valence electrons. The van der Waals surface area contributed by atoms with Crippen LogP contribution in [0.1, 0.15) is 18.0 Å². The van der Waals surface area contributed by atoms with Crippen molar-refractivity contribution in [2.75, 3.05) is 12.3 Å². The van der Waals surface area contributed by atoms with Crippen molar-refractivity contribution in [2.24, 2.45) is 5.73 Å². The minimum Gasteiger partial charge on any atom is -0.330 e. The van der Waals surface area contributed by atoms with Gasteiger partial charge in [-0.05, 0) is 24.3 Å². The van der Waals surface area contributed by atoms with E-state index in [2.05, 4.69) is 11.1 Å². The maximum atomic E-state index is 5.67. The second-order valence-electron chi connectivity index (χ2n) is 2.96. The van der Waals surface area contributed by atoms with Crippen LogP contribution in [0.3, 0.4) is 0 Å². The summed E-state index contributed by atoms with van der Waals surface area (Å²) in [5.74, 6) is 1.67. The van der Waals surface area contributed by atoms with E-state index in [1.54, 1.807) is 0 Å². The van der Waals surface area contributed by atoms with Crippen LogP contribution in [0, 0.1) is 0 Å². The zero-order valence-corrected chi connectivity index (χ0v) is 10.1. The highest BCUT2D eigenvalue weighted by atomic mass is 35.5. The van der Waals surface area contributed by atoms with Gasteiger partial charge in [0.2, 0.25) is 0 Å². The second-order valence-corrected chi connectivity index (χ2v) is 4.09. The monoisotopic (exact) mass is 252 g/mol. The molecule has 2 rings (SSSR count). The van der Waals surface area contributed by atoms with Crippen LogP contribution >= 0.6 is 36.6 Å². The van der Waals surface area contributed by atoms with Crippen LogP contribution in [-0.2, 0) is 0 Å². The number of fused-ring (bicyclic) bond motifs is 1. The molecule has 0 amide bonds. The first-order valence-electron chi connectivity index (χ1n) is 4.19. The first-order valence-corrected chi connectivity index (χ1v) is 5.18. The van der Waals surface area contributed by atoms with Crippen molar-refractivity contribution < 1.29 is 0 Å². The van der Waals surface area contributed by atoms with Crippen molar-refractivity contribution in [2.45, 2.75) is 17.2 Å². The molecule has 0 saturated heterocycles. The van der Waals surface area contributed by atoms with Gasteiger partial charge in [0.1, 0.15) is 0 Å². The summed E-state index contributed by atoms with van der Waals surface area (Å²) in [6.07, 6.45) is 3.03. The molecular formula is C9H14Cl2N2S. The van der Waals surface area contributed by atoms with E-state index in [4.69, 9.17) is 5.73 Å². The third-order valence-electron chi connectivity index (χ3n) is 2.19. The van der Waals surface area contributed by atoms with Crippen molar-refractivity contribution in [1.82, 2.24) is 4.98 Å². The standard InChI is InChI=1S/C9H12N2S.2ClH/c10-6-7-3-5-12-8-2-1-4-11-9(7)8;;/h1-2,4,7H,3,5-6,10H2;2*1H/t7-;;/m1../s1. The van der Waals surface area contributed by atoms with Gasteiger partial charge in [-0.3, -0.25) is 4.98 Å². The highest BCUT2D eigenvalue weighted by Gasteiger charge is 2.19. The Morgan fingerprint density at radius 2 is 2.29 bits per heavy atom. The van der Waals surface area contributed by atoms with E-state index in [0.717, 1.165) is 6.54 Å². The Morgan fingerprint density at radius 1 is 1.50 bits per heavy atom. The van der Waals surface area contributed by atoms with Gasteiger partial charge in [0, 0.05) is 23.6 Å². The molecule has 1 aromatic rings. The minimum atomic E-state index is 0. The fraction of sp³-hybridized carbons (Fsp3) is 0.444. The minimum absolute atomic E-state index is 0. The first kappa shape index (κ1) is 14.0. The average molecular weight is 253 g/mol. The number of hydrogen-bond donors (Lipinski definition) is 1. The van der Waals surface area contributed by atoms with E-state index >= 15 is 0 Å². The predicted molar refractivity (Wildman–Crippen MR) is 65.9 cm³/mol. The van der Waals surface area contributed by atoms with Gasteiger partial charge in [0.25, 0.3) is 0 Å². The molecule has 0 unspecified atom stereocenters. The average Bonchev–Trinajstić information content (AvgIpc) is 2.17. The molecule has 0 aliphatic carbocycles. The van der Waals surface area contributed by atoms with Crippen molar-refractivity contribution in [3.8, 4) is 0 Å². The fourth-order valence-electron chi connectivity index (χ4n) is 1.51. The van der Waals surface area contributed by atoms with Crippen LogP contribution < -0.4 is 5.73 Å². The molecule has 2 heterocycles. The Kier molecular flexibility index (Phi) is 6.53. The van der Waals surface area contributed by atoms with Gasteiger partial charge in [-0.15, -0.1) is 36.6 Å². The number of hydrogen-bond acceptors (Lipinski definition) is 3. The molecule has 1 aromatic heterocycles. The summed E-state index contributed by atoms with van der Waals surface area (Å²) in [6.45, 7) is 0.727. The van der Waals surface area contributed by atoms with Gasteiger partial charge >= 0.3 is 0 Å². The molecule has 0 fully saturated rings. The Bertz CT molecular complexity index is 283. The van der Waals surface area contributed by atoms with E-state index in [0.29, 0.717) is 5.92 Å². The molecule has 0 radical (unpaired) electrons. The Labute approximate surface area is 101 Å². The highest BCUT2D eigenvalue weighted by Crippen LogP contribution is 2.34. The van der Waals surface area contributed by atoms with Gasteiger partial charge in [0.05, 0.1) is 5.69 Å². The van der Waals surface area contributed by atoms with Gasteiger partial charge in [-0.1, -0.05) is 0 Å². The number of rotatable bonds is 1. The molecule has 14 heavy (non-hydrogen) atoms. The molecule has 2 nitrogen and oxygen atoms in total. The predicted octanol–water partition coefficient (Wildman–Crippen LogP) is 2.46. The van der Waals surface area contributed by atoms with Gasteiger partial charge in [-0.2, -0.15) is 0 Å². The molecule has 5 heteroatoms. The maximum Gasteiger partial charge on any atom is 0.0582 e. The molecule has 1 aliphatic heterocycles. The van der Waals surface area contributed by atoms with Gasteiger partial charge < -0.3 is 5.73 Å². The van der Waals surface area contributed by atoms with Crippen molar-refractivity contribution >= 4 is 36.6 Å². The van der Waals surface area contributed by atoms with Crippen LogP contribution in [0.25, 0.3) is 0 Å². The lowest BCUT2D eigenvalue weighted by molar-refractivity contribution is 0.635. The SMILES string of the molecule is Cl.Cl.NC[C@H]1CCSc2cccnc21. The second kappa shape index (κ2) is 6.51. The third kappa shape index (κ3) is 2.76. The van der Waals surface area contributed by atoms with E-state index in [1.165, 1.54) is 22.8 Å². The van der Waals surface area contributed by atoms with Crippen molar-refractivity contribution in [3.05, 3.63) is 24.0 Å². The highest BCUT2D eigenvalue weighted by molar-refractivity contribution is 7.99. The molecule has 0 bridgehead atoms. The van der Waals surface area contributed by atoms with Crippen LogP contribution in [0.2, 0.25) is 0 Å². The normalized spacial score (nSPS) is 18.8. The number of pyridine rings is 1. The van der Waals surface area contributed by atoms with E-state index in [1.807, 2.05) is 24.0 Å². The van der Waals surface area contributed by atoms with Crippen LogP contribution in [0.5, 0.6) is 0 Å². The summed E-state index contributed by atoms with van der Waals surface area (Å²) >= 11 is 1.89. The summed E-state index contributed by atoms with van der Waals surface area (Å²) in [7, 11) is 0. The smallest absolute Gasteiger partial charge is 0.0582 e. The largest absolute Gasteiger partial charge is 0.330 e. The summed E-state index contributed by atoms with van der Waals surface area (Å²) in [4.78, 5) is 5.69. The van der Waals surface area contributed by atoms with E-state index < -0.39 is 0 Å². The maximum absolute atomic E-state index is 5.67. The van der Waals surface area contributed by atoms with Crippen LogP contribution in [-0.4, -0.2) is 17.3 Å². The number of aromatic nitrogens is 1. The number of halogens is 2. The lowest BCUT2D eigenvalue weighted by Crippen LogP contribution is -2.18. The topological polar surface area (TPSA) is 38.9 Å². The summed E-state index contributed by atoms with van der Waals surface area (Å²) in [5.41, 5.74) is 6.87. The molecule has 0 spiro atoms. The lowest BCUT2D eigenvalue weighted by atomic mass is 10.0. The van der Waals surface area contributed by atoms with Crippen LogP contribution in [0.4, 0.5) is 0 Å². The first-order chi connectivity index (χ1) is 5.92. The lowest BCUT2D eigenvalue weighted by Gasteiger charge is -2.21. The van der Waals surface area contributed by atoms with Gasteiger partial charge in [-0.25, -0.2) is 0 Å². The summed E-state index contributed by atoms with van der Waals surface area (Å²) in [6, 6.07) is 4.12. The van der Waals surface area contributed by atoms with Crippen LogP contribution in [0.15, 0.2) is 23.2 Å². The Balaban J connectivity index is 0.000000845. The number of nitrogens with two attached hydrogens (primary N) is 1. The van der Waals surface area contributed by atoms with E-state index in [-0.39, 0.29) is 24.8 Å². The van der Waals surface area contributed by atoms with Crippen molar-refractivity contribution in [3.63, 3.8) is 0 Å². The summed E-state index contributed by atoms with van der Waals surface area (Å²) < 4.78 is 0. The molecule has 0 saturated carbocycles. The number of nitrogens with zero attached hydrogens (tertiary/aromatic N) is 1. The van der Waals surface area contributed by atoms with E-state index in [9.17, 15) is 0 Å². The third-order valence-corrected chi connectivity index (χ3v) is 3.29. The zero-order chi connectivity index (χ0) is 8.39. The Morgan fingerprint density at radius 3 is 3.00 bits per heavy atom. The molecule has 1 aliphatic rings.